The summed E-state index contributed by atoms with van der Waals surface area (Å²) in [5.74, 6) is 1.61. The van der Waals surface area contributed by atoms with Crippen molar-refractivity contribution < 1.29 is 4.74 Å². The Morgan fingerprint density at radius 3 is 2.67 bits per heavy atom. The van der Waals surface area contributed by atoms with Crippen LogP contribution in [0.15, 0.2) is 48.5 Å². The highest BCUT2D eigenvalue weighted by Crippen LogP contribution is 2.27. The molecule has 1 aromatic heterocycles. The van der Waals surface area contributed by atoms with Gasteiger partial charge in [0.15, 0.2) is 5.82 Å². The average molecular weight is 451 g/mol. The molecular formula is C21H28Cl2N6O. The quantitative estimate of drug-likeness (QED) is 0.599. The number of methoxy groups -OCH3 is 1. The smallest absolute Gasteiger partial charge is 0.181 e. The minimum Gasteiger partial charge on any atom is -0.496 e. The number of ether oxygens (including phenoxy) is 1. The summed E-state index contributed by atoms with van der Waals surface area (Å²) in [7, 11) is 3.55. The van der Waals surface area contributed by atoms with Gasteiger partial charge in [-0.25, -0.2) is 4.68 Å². The number of tetrazole rings is 1. The summed E-state index contributed by atoms with van der Waals surface area (Å²) in [6.07, 6.45) is 2.31. The lowest BCUT2D eigenvalue weighted by atomic mass is 9.92. The Hall–Kier alpha value is -2.19. The van der Waals surface area contributed by atoms with Crippen LogP contribution in [0, 0.1) is 0 Å². The summed E-state index contributed by atoms with van der Waals surface area (Å²) in [6, 6.07) is 17.4. The molecule has 30 heavy (non-hydrogen) atoms. The van der Waals surface area contributed by atoms with Crippen LogP contribution in [0.25, 0.3) is 11.4 Å². The predicted molar refractivity (Wildman–Crippen MR) is 122 cm³/mol. The normalized spacial score (nSPS) is 18.2. The number of benzene rings is 2. The zero-order valence-electron chi connectivity index (χ0n) is 17.1. The van der Waals surface area contributed by atoms with E-state index in [2.05, 4.69) is 62.6 Å². The number of rotatable bonds is 6. The largest absolute Gasteiger partial charge is 0.496 e. The fourth-order valence-corrected chi connectivity index (χ4v) is 3.89. The molecule has 162 valence electrons. The molecule has 9 heteroatoms. The standard InChI is InChI=1S/C21H26N6O.2ClH/c1-27-21(24-25-26-27)16-10-11-19(28-2)17(13-16)14-23-18-9-6-12-22-20(18)15-7-4-3-5-8-15;;/h3-5,7-8,10-11,13,18,20,22-23H,6,9,12,14H2,1-2H3;2*1H. The maximum atomic E-state index is 5.59. The van der Waals surface area contributed by atoms with Crippen LogP contribution in [-0.2, 0) is 13.6 Å². The van der Waals surface area contributed by atoms with Gasteiger partial charge >= 0.3 is 0 Å². The van der Waals surface area contributed by atoms with E-state index >= 15 is 0 Å². The molecule has 2 unspecified atom stereocenters. The maximum absolute atomic E-state index is 5.59. The van der Waals surface area contributed by atoms with Crippen molar-refractivity contribution in [1.82, 2.24) is 30.8 Å². The molecule has 2 atom stereocenters. The highest BCUT2D eigenvalue weighted by atomic mass is 35.5. The fourth-order valence-electron chi connectivity index (χ4n) is 3.89. The molecule has 1 aliphatic heterocycles. The van der Waals surface area contributed by atoms with Crippen LogP contribution >= 0.6 is 24.8 Å². The van der Waals surface area contributed by atoms with Crippen LogP contribution in [0.5, 0.6) is 5.75 Å². The molecule has 4 rings (SSSR count). The first-order chi connectivity index (χ1) is 13.8. The van der Waals surface area contributed by atoms with Gasteiger partial charge in [-0.2, -0.15) is 0 Å². The van der Waals surface area contributed by atoms with E-state index in [0.29, 0.717) is 12.1 Å². The molecule has 7 nitrogen and oxygen atoms in total. The highest BCUT2D eigenvalue weighted by molar-refractivity contribution is 5.85. The third kappa shape index (κ3) is 5.29. The summed E-state index contributed by atoms with van der Waals surface area (Å²) in [4.78, 5) is 0. The Balaban J connectivity index is 0.00000160. The first-order valence-corrected chi connectivity index (χ1v) is 9.67. The molecule has 0 saturated carbocycles. The number of aryl methyl sites for hydroxylation is 1. The van der Waals surface area contributed by atoms with Gasteiger partial charge < -0.3 is 15.4 Å². The molecule has 1 aliphatic rings. The summed E-state index contributed by atoms with van der Waals surface area (Å²) in [5, 5.41) is 19.2. The molecule has 0 bridgehead atoms. The second-order valence-corrected chi connectivity index (χ2v) is 7.12. The van der Waals surface area contributed by atoms with E-state index in [4.69, 9.17) is 4.74 Å². The van der Waals surface area contributed by atoms with Crippen molar-refractivity contribution >= 4 is 24.8 Å². The van der Waals surface area contributed by atoms with Crippen molar-refractivity contribution in [3.8, 4) is 17.1 Å². The summed E-state index contributed by atoms with van der Waals surface area (Å²) in [5.41, 5.74) is 3.40. The van der Waals surface area contributed by atoms with E-state index in [-0.39, 0.29) is 24.8 Å². The second-order valence-electron chi connectivity index (χ2n) is 7.12. The van der Waals surface area contributed by atoms with E-state index in [1.54, 1.807) is 11.8 Å². The van der Waals surface area contributed by atoms with E-state index in [9.17, 15) is 0 Å². The lowest BCUT2D eigenvalue weighted by Gasteiger charge is -2.34. The van der Waals surface area contributed by atoms with Crippen molar-refractivity contribution in [1.29, 1.82) is 0 Å². The van der Waals surface area contributed by atoms with Crippen LogP contribution in [0.2, 0.25) is 0 Å². The van der Waals surface area contributed by atoms with Gasteiger partial charge in [-0.15, -0.1) is 29.9 Å². The van der Waals surface area contributed by atoms with Crippen LogP contribution in [0.4, 0.5) is 0 Å². The molecule has 3 aromatic rings. The lowest BCUT2D eigenvalue weighted by molar-refractivity contribution is 0.303. The number of aromatic nitrogens is 4. The number of hydrogen-bond acceptors (Lipinski definition) is 6. The zero-order chi connectivity index (χ0) is 19.3. The van der Waals surface area contributed by atoms with Gasteiger partial charge in [0.2, 0.25) is 0 Å². The van der Waals surface area contributed by atoms with E-state index in [1.165, 1.54) is 12.0 Å². The molecular weight excluding hydrogens is 423 g/mol. The first kappa shape index (κ1) is 24.1. The molecule has 2 N–H and O–H groups in total. The fraction of sp³-hybridized carbons (Fsp3) is 0.381. The van der Waals surface area contributed by atoms with Crippen molar-refractivity contribution in [3.63, 3.8) is 0 Å². The molecule has 0 radical (unpaired) electrons. The zero-order valence-corrected chi connectivity index (χ0v) is 18.7. The highest BCUT2D eigenvalue weighted by Gasteiger charge is 2.25. The molecule has 0 aliphatic carbocycles. The predicted octanol–water partition coefficient (Wildman–Crippen LogP) is 3.31. The molecule has 0 spiro atoms. The molecule has 2 aromatic carbocycles. The van der Waals surface area contributed by atoms with Gasteiger partial charge in [0.25, 0.3) is 0 Å². The molecule has 0 amide bonds. The number of hydrogen-bond donors (Lipinski definition) is 2. The van der Waals surface area contributed by atoms with E-state index < -0.39 is 0 Å². The van der Waals surface area contributed by atoms with Crippen molar-refractivity contribution in [2.24, 2.45) is 7.05 Å². The van der Waals surface area contributed by atoms with E-state index in [1.807, 2.05) is 19.2 Å². The van der Waals surface area contributed by atoms with Crippen LogP contribution in [0.1, 0.15) is 30.0 Å². The Morgan fingerprint density at radius 2 is 1.97 bits per heavy atom. The van der Waals surface area contributed by atoms with Crippen molar-refractivity contribution in [3.05, 3.63) is 59.7 Å². The van der Waals surface area contributed by atoms with Crippen molar-refractivity contribution in [2.45, 2.75) is 31.5 Å². The lowest BCUT2D eigenvalue weighted by Crippen LogP contribution is -2.45. The Bertz CT molecular complexity index is 921. The summed E-state index contributed by atoms with van der Waals surface area (Å²) < 4.78 is 7.26. The Morgan fingerprint density at radius 1 is 1.17 bits per heavy atom. The first-order valence-electron chi connectivity index (χ1n) is 9.67. The van der Waals surface area contributed by atoms with Gasteiger partial charge in [0.1, 0.15) is 5.75 Å². The third-order valence-electron chi connectivity index (χ3n) is 5.33. The summed E-state index contributed by atoms with van der Waals surface area (Å²) in [6.45, 7) is 1.77. The monoisotopic (exact) mass is 450 g/mol. The maximum Gasteiger partial charge on any atom is 0.181 e. The minimum atomic E-state index is 0. The molecule has 2 heterocycles. The number of nitrogens with zero attached hydrogens (tertiary/aromatic N) is 4. The van der Waals surface area contributed by atoms with Crippen LogP contribution < -0.4 is 15.4 Å². The average Bonchev–Trinajstić information content (AvgIpc) is 3.18. The minimum absolute atomic E-state index is 0. The Kier molecular flexibility index (Phi) is 9.05. The third-order valence-corrected chi connectivity index (χ3v) is 5.33. The number of halogens is 2. The molecule has 1 saturated heterocycles. The topological polar surface area (TPSA) is 76.9 Å². The Labute approximate surface area is 189 Å². The van der Waals surface area contributed by atoms with Gasteiger partial charge in [0.05, 0.1) is 7.11 Å². The van der Waals surface area contributed by atoms with Crippen LogP contribution in [-0.4, -0.2) is 39.9 Å². The SMILES string of the molecule is COc1ccc(-c2nnnn2C)cc1CNC1CCCNC1c1ccccc1.Cl.Cl. The molecule has 1 fully saturated rings. The van der Waals surface area contributed by atoms with Gasteiger partial charge in [-0.05, 0) is 53.6 Å². The van der Waals surface area contributed by atoms with Crippen molar-refractivity contribution in [2.75, 3.05) is 13.7 Å². The van der Waals surface area contributed by atoms with E-state index in [0.717, 1.165) is 42.2 Å². The number of piperidine rings is 1. The number of nitrogens with one attached hydrogen (secondary N) is 2. The van der Waals surface area contributed by atoms with Gasteiger partial charge in [0, 0.05) is 36.8 Å². The van der Waals surface area contributed by atoms with Crippen LogP contribution in [0.3, 0.4) is 0 Å². The van der Waals surface area contributed by atoms with Gasteiger partial charge in [-0.1, -0.05) is 30.3 Å². The van der Waals surface area contributed by atoms with Gasteiger partial charge in [-0.3, -0.25) is 0 Å². The second kappa shape index (κ2) is 11.3. The summed E-state index contributed by atoms with van der Waals surface area (Å²) >= 11 is 0.